The number of hydrogen-bond donors (Lipinski definition) is 2. The molecule has 1 amide bonds. The van der Waals surface area contributed by atoms with Crippen molar-refractivity contribution in [2.45, 2.75) is 13.3 Å². The molecule has 14 heavy (non-hydrogen) atoms. The average Bonchev–Trinajstić information content (AvgIpc) is 2.06. The molecule has 1 rings (SSSR count). The van der Waals surface area contributed by atoms with Crippen molar-refractivity contribution >= 4 is 11.9 Å². The molecule has 74 valence electrons. The molecular weight excluding hydrogens is 182 g/mol. The molecule has 0 spiro atoms. The highest BCUT2D eigenvalue weighted by Crippen LogP contribution is 2.04. The molecule has 0 aliphatic heterocycles. The predicted molar refractivity (Wildman–Crippen MR) is 52.2 cm³/mol. The summed E-state index contributed by atoms with van der Waals surface area (Å²) in [6.07, 6.45) is 2.42. The lowest BCUT2D eigenvalue weighted by Gasteiger charge is -2.01. The largest absolute Gasteiger partial charge is 0.465 e. The Balaban J connectivity index is 2.68. The minimum Gasteiger partial charge on any atom is -0.465 e. The predicted octanol–water partition coefficient (Wildman–Crippen LogP) is 1.69. The van der Waals surface area contributed by atoms with Crippen molar-refractivity contribution in [1.82, 2.24) is 9.97 Å². The lowest BCUT2D eigenvalue weighted by molar-refractivity contribution is 0.209. The van der Waals surface area contributed by atoms with E-state index in [1.54, 1.807) is 0 Å². The summed E-state index contributed by atoms with van der Waals surface area (Å²) in [5.41, 5.74) is 1.76. The molecule has 1 aromatic heterocycles. The van der Waals surface area contributed by atoms with Gasteiger partial charge in [0.05, 0.1) is 18.1 Å². The second kappa shape index (κ2) is 4.36. The second-order valence-corrected chi connectivity index (χ2v) is 2.96. The Kier molecular flexibility index (Phi) is 3.17. The van der Waals surface area contributed by atoms with Crippen molar-refractivity contribution in [3.05, 3.63) is 30.2 Å². The van der Waals surface area contributed by atoms with E-state index in [1.165, 1.54) is 12.4 Å². The molecule has 0 unspecified atom stereocenters. The van der Waals surface area contributed by atoms with E-state index in [2.05, 4.69) is 21.9 Å². The molecule has 0 fully saturated rings. The quantitative estimate of drug-likeness (QED) is 0.716. The van der Waals surface area contributed by atoms with Crippen molar-refractivity contribution < 1.29 is 9.90 Å². The number of carboxylic acid groups (broad SMARTS) is 1. The SMILES string of the molecule is C=C(C)Cc1cnc(NC(=O)O)cn1. The monoisotopic (exact) mass is 193 g/mol. The van der Waals surface area contributed by atoms with Crippen LogP contribution >= 0.6 is 0 Å². The van der Waals surface area contributed by atoms with Crippen molar-refractivity contribution in [1.29, 1.82) is 0 Å². The van der Waals surface area contributed by atoms with Gasteiger partial charge in [-0.15, -0.1) is 0 Å². The fraction of sp³-hybridized carbons (Fsp3) is 0.222. The minimum atomic E-state index is -1.15. The summed E-state index contributed by atoms with van der Waals surface area (Å²) in [6, 6.07) is 0. The standard InChI is InChI=1S/C9H11N3O2/c1-6(2)3-7-4-11-8(5-10-7)12-9(13)14/h4-5H,1,3H2,2H3,(H,11,12)(H,13,14). The lowest BCUT2D eigenvalue weighted by Crippen LogP contribution is -2.09. The second-order valence-electron chi connectivity index (χ2n) is 2.96. The zero-order valence-corrected chi connectivity index (χ0v) is 7.82. The fourth-order valence-electron chi connectivity index (χ4n) is 0.929. The molecule has 0 radical (unpaired) electrons. The van der Waals surface area contributed by atoms with Crippen molar-refractivity contribution in [3.8, 4) is 0 Å². The van der Waals surface area contributed by atoms with E-state index in [-0.39, 0.29) is 5.82 Å². The fourth-order valence-corrected chi connectivity index (χ4v) is 0.929. The first-order valence-electron chi connectivity index (χ1n) is 4.03. The third-order valence-electron chi connectivity index (χ3n) is 1.42. The topological polar surface area (TPSA) is 75.1 Å². The van der Waals surface area contributed by atoms with Crippen LogP contribution in [0.1, 0.15) is 12.6 Å². The smallest absolute Gasteiger partial charge is 0.410 e. The van der Waals surface area contributed by atoms with Gasteiger partial charge in [0.1, 0.15) is 0 Å². The first kappa shape index (κ1) is 10.2. The van der Waals surface area contributed by atoms with Crippen LogP contribution in [0.25, 0.3) is 0 Å². The first-order chi connectivity index (χ1) is 6.58. The van der Waals surface area contributed by atoms with E-state index >= 15 is 0 Å². The zero-order valence-electron chi connectivity index (χ0n) is 7.82. The zero-order chi connectivity index (χ0) is 10.6. The van der Waals surface area contributed by atoms with E-state index in [1.807, 2.05) is 6.92 Å². The number of carbonyl (C=O) groups is 1. The average molecular weight is 193 g/mol. The first-order valence-corrected chi connectivity index (χ1v) is 4.03. The van der Waals surface area contributed by atoms with Crippen LogP contribution in [0.4, 0.5) is 10.6 Å². The van der Waals surface area contributed by atoms with Crippen LogP contribution in [0.2, 0.25) is 0 Å². The third-order valence-corrected chi connectivity index (χ3v) is 1.42. The summed E-state index contributed by atoms with van der Waals surface area (Å²) in [6.45, 7) is 5.64. The highest BCUT2D eigenvalue weighted by atomic mass is 16.4. The van der Waals surface area contributed by atoms with Gasteiger partial charge < -0.3 is 5.11 Å². The summed E-state index contributed by atoms with van der Waals surface area (Å²) < 4.78 is 0. The van der Waals surface area contributed by atoms with E-state index in [9.17, 15) is 4.79 Å². The number of nitrogens with zero attached hydrogens (tertiary/aromatic N) is 2. The number of amides is 1. The molecule has 0 saturated heterocycles. The molecule has 1 aromatic rings. The van der Waals surface area contributed by atoms with Gasteiger partial charge in [-0.1, -0.05) is 12.2 Å². The van der Waals surface area contributed by atoms with Crippen LogP contribution in [0.3, 0.4) is 0 Å². The van der Waals surface area contributed by atoms with E-state index in [4.69, 9.17) is 5.11 Å². The van der Waals surface area contributed by atoms with Crippen LogP contribution < -0.4 is 5.32 Å². The highest BCUT2D eigenvalue weighted by molar-refractivity contribution is 5.81. The van der Waals surface area contributed by atoms with Gasteiger partial charge in [-0.2, -0.15) is 0 Å². The number of rotatable bonds is 3. The molecular formula is C9H11N3O2. The Morgan fingerprint density at radius 1 is 1.57 bits per heavy atom. The van der Waals surface area contributed by atoms with E-state index in [0.29, 0.717) is 6.42 Å². The molecule has 0 bridgehead atoms. The molecule has 1 heterocycles. The van der Waals surface area contributed by atoms with E-state index in [0.717, 1.165) is 11.3 Å². The number of hydrogen-bond acceptors (Lipinski definition) is 3. The summed E-state index contributed by atoms with van der Waals surface area (Å²) in [5, 5.41) is 10.5. The van der Waals surface area contributed by atoms with Gasteiger partial charge in [-0.3, -0.25) is 10.3 Å². The summed E-state index contributed by atoms with van der Waals surface area (Å²) >= 11 is 0. The number of anilines is 1. The van der Waals surface area contributed by atoms with Crippen LogP contribution in [-0.4, -0.2) is 21.2 Å². The van der Waals surface area contributed by atoms with Gasteiger partial charge in [-0.25, -0.2) is 9.78 Å². The number of allylic oxidation sites excluding steroid dienone is 1. The molecule has 0 saturated carbocycles. The normalized spacial score (nSPS) is 9.50. The van der Waals surface area contributed by atoms with Gasteiger partial charge >= 0.3 is 6.09 Å². The Morgan fingerprint density at radius 3 is 2.71 bits per heavy atom. The summed E-state index contributed by atoms with van der Waals surface area (Å²) in [5.74, 6) is 0.225. The van der Waals surface area contributed by atoms with Crippen LogP contribution in [0.5, 0.6) is 0 Å². The van der Waals surface area contributed by atoms with Crippen molar-refractivity contribution in [2.24, 2.45) is 0 Å². The van der Waals surface area contributed by atoms with Gasteiger partial charge in [-0.05, 0) is 6.92 Å². The Morgan fingerprint density at radius 2 is 2.29 bits per heavy atom. The molecule has 0 atom stereocenters. The van der Waals surface area contributed by atoms with Crippen LogP contribution in [-0.2, 0) is 6.42 Å². The van der Waals surface area contributed by atoms with Gasteiger partial charge in [0.25, 0.3) is 0 Å². The van der Waals surface area contributed by atoms with Gasteiger partial charge in [0.2, 0.25) is 0 Å². The molecule has 0 aromatic carbocycles. The Hall–Kier alpha value is -1.91. The maximum Gasteiger partial charge on any atom is 0.410 e. The molecule has 5 heteroatoms. The van der Waals surface area contributed by atoms with Crippen LogP contribution in [0.15, 0.2) is 24.5 Å². The van der Waals surface area contributed by atoms with Gasteiger partial charge in [0, 0.05) is 6.42 Å². The number of aromatic nitrogens is 2. The summed E-state index contributed by atoms with van der Waals surface area (Å²) in [4.78, 5) is 18.1. The number of nitrogens with one attached hydrogen (secondary N) is 1. The third kappa shape index (κ3) is 3.22. The molecule has 2 N–H and O–H groups in total. The van der Waals surface area contributed by atoms with E-state index < -0.39 is 6.09 Å². The van der Waals surface area contributed by atoms with Crippen molar-refractivity contribution in [2.75, 3.05) is 5.32 Å². The molecule has 5 nitrogen and oxygen atoms in total. The lowest BCUT2D eigenvalue weighted by atomic mass is 10.2. The molecule has 0 aliphatic rings. The van der Waals surface area contributed by atoms with Gasteiger partial charge in [0.15, 0.2) is 5.82 Å². The Labute approximate surface area is 81.5 Å². The van der Waals surface area contributed by atoms with Crippen LogP contribution in [0, 0.1) is 0 Å². The maximum absolute atomic E-state index is 10.2. The highest BCUT2D eigenvalue weighted by Gasteiger charge is 2.00. The molecule has 0 aliphatic carbocycles. The Bertz CT molecular complexity index is 311. The maximum atomic E-state index is 10.2. The summed E-state index contributed by atoms with van der Waals surface area (Å²) in [7, 11) is 0. The van der Waals surface area contributed by atoms with Crippen molar-refractivity contribution in [3.63, 3.8) is 0 Å². The minimum absolute atomic E-state index is 0.225.